The van der Waals surface area contributed by atoms with Crippen LogP contribution in [0.4, 0.5) is 4.39 Å². The predicted octanol–water partition coefficient (Wildman–Crippen LogP) is 2.43. The Morgan fingerprint density at radius 2 is 1.67 bits per heavy atom. The van der Waals surface area contributed by atoms with Crippen molar-refractivity contribution in [1.82, 2.24) is 4.72 Å². The first-order valence-electron chi connectivity index (χ1n) is 7.76. The minimum absolute atomic E-state index is 0.158. The number of methoxy groups -OCH3 is 1. The molecule has 0 saturated carbocycles. The Morgan fingerprint density at radius 3 is 2.25 bits per heavy atom. The number of ether oxygens (including phenoxy) is 1. The number of hydrogen-bond acceptors (Lipinski definition) is 3. The molecule has 128 valence electrons. The molecule has 0 atom stereocenters. The zero-order chi connectivity index (χ0) is 17.2. The summed E-state index contributed by atoms with van der Waals surface area (Å²) in [4.78, 5) is 0. The molecule has 3 rings (SSSR count). The van der Waals surface area contributed by atoms with Gasteiger partial charge < -0.3 is 4.74 Å². The van der Waals surface area contributed by atoms with Crippen molar-refractivity contribution >= 4 is 10.0 Å². The zero-order valence-corrected chi connectivity index (χ0v) is 14.3. The van der Waals surface area contributed by atoms with Crippen molar-refractivity contribution in [3.63, 3.8) is 0 Å². The molecule has 1 N–H and O–H groups in total. The summed E-state index contributed by atoms with van der Waals surface area (Å²) in [6.45, 7) is 0.162. The molecular weight excluding hydrogens is 329 g/mol. The fourth-order valence-corrected chi connectivity index (χ4v) is 4.34. The highest BCUT2D eigenvalue weighted by molar-refractivity contribution is 7.88. The van der Waals surface area contributed by atoms with Gasteiger partial charge in [0.1, 0.15) is 5.82 Å². The molecule has 0 bridgehead atoms. The van der Waals surface area contributed by atoms with Gasteiger partial charge in [-0.05, 0) is 17.2 Å². The molecule has 1 aliphatic rings. The molecule has 24 heavy (non-hydrogen) atoms. The van der Waals surface area contributed by atoms with E-state index in [1.807, 2.05) is 24.3 Å². The molecule has 0 heterocycles. The van der Waals surface area contributed by atoms with Crippen molar-refractivity contribution in [2.24, 2.45) is 0 Å². The molecule has 0 aliphatic heterocycles. The van der Waals surface area contributed by atoms with Gasteiger partial charge in [-0.3, -0.25) is 0 Å². The van der Waals surface area contributed by atoms with Gasteiger partial charge in [0, 0.05) is 32.1 Å². The Morgan fingerprint density at radius 1 is 1.08 bits per heavy atom. The summed E-state index contributed by atoms with van der Waals surface area (Å²) >= 11 is 0. The van der Waals surface area contributed by atoms with Crippen LogP contribution < -0.4 is 4.72 Å². The minimum Gasteiger partial charge on any atom is -0.376 e. The highest BCUT2D eigenvalue weighted by Gasteiger charge is 2.38. The Labute approximate surface area is 141 Å². The first-order valence-corrected chi connectivity index (χ1v) is 9.41. The van der Waals surface area contributed by atoms with Crippen molar-refractivity contribution in [3.8, 4) is 0 Å². The van der Waals surface area contributed by atoms with Gasteiger partial charge in [-0.15, -0.1) is 0 Å². The van der Waals surface area contributed by atoms with Gasteiger partial charge in [-0.1, -0.05) is 42.5 Å². The second-order valence-electron chi connectivity index (χ2n) is 6.18. The summed E-state index contributed by atoms with van der Waals surface area (Å²) in [5.41, 5.74) is 1.91. The van der Waals surface area contributed by atoms with Crippen molar-refractivity contribution < 1.29 is 17.5 Å². The van der Waals surface area contributed by atoms with Crippen LogP contribution in [0.2, 0.25) is 0 Å². The third-order valence-electron chi connectivity index (χ3n) is 4.49. The van der Waals surface area contributed by atoms with Gasteiger partial charge in [-0.2, -0.15) is 0 Å². The van der Waals surface area contributed by atoms with Crippen LogP contribution in [0.15, 0.2) is 48.5 Å². The topological polar surface area (TPSA) is 55.4 Å². The van der Waals surface area contributed by atoms with E-state index >= 15 is 0 Å². The second-order valence-corrected chi connectivity index (χ2v) is 7.99. The molecular formula is C18H20FNO3S. The van der Waals surface area contributed by atoms with Crippen LogP contribution in [-0.2, 0) is 33.4 Å². The lowest BCUT2D eigenvalue weighted by Crippen LogP contribution is -2.45. The van der Waals surface area contributed by atoms with Crippen LogP contribution in [-0.4, -0.2) is 27.7 Å². The van der Waals surface area contributed by atoms with Crippen LogP contribution in [0.3, 0.4) is 0 Å². The molecule has 2 aromatic rings. The van der Waals surface area contributed by atoms with E-state index < -0.39 is 21.4 Å². The van der Waals surface area contributed by atoms with E-state index in [0.717, 1.165) is 0 Å². The maximum Gasteiger partial charge on any atom is 0.215 e. The Bertz CT molecular complexity index is 811. The van der Waals surface area contributed by atoms with Crippen LogP contribution in [0, 0.1) is 5.82 Å². The maximum atomic E-state index is 13.7. The lowest BCUT2D eigenvalue weighted by molar-refractivity contribution is 0.00377. The Hall–Kier alpha value is -1.76. The number of benzene rings is 2. The molecule has 6 heteroatoms. The lowest BCUT2D eigenvalue weighted by Gasteiger charge is -2.27. The average Bonchev–Trinajstić information content (AvgIpc) is 2.94. The van der Waals surface area contributed by atoms with E-state index in [4.69, 9.17) is 4.74 Å². The van der Waals surface area contributed by atoms with E-state index in [1.165, 1.54) is 29.3 Å². The molecule has 0 aromatic heterocycles. The van der Waals surface area contributed by atoms with Gasteiger partial charge in [0.25, 0.3) is 0 Å². The number of nitrogens with one attached hydrogen (secondary N) is 1. The number of halogens is 1. The fraction of sp³-hybridized carbons (Fsp3) is 0.333. The second kappa shape index (κ2) is 6.63. The third-order valence-corrected chi connectivity index (χ3v) is 5.77. The average molecular weight is 349 g/mol. The van der Waals surface area contributed by atoms with Crippen molar-refractivity contribution in [3.05, 3.63) is 71.0 Å². The SMILES string of the molecule is COC1(CNS(=O)(=O)Cc2ccccc2F)Cc2ccccc2C1. The smallest absolute Gasteiger partial charge is 0.215 e. The van der Waals surface area contributed by atoms with Crippen LogP contribution in [0.1, 0.15) is 16.7 Å². The van der Waals surface area contributed by atoms with Crippen LogP contribution >= 0.6 is 0 Å². The first kappa shape index (κ1) is 17.1. The highest BCUT2D eigenvalue weighted by atomic mass is 32.2. The predicted molar refractivity (Wildman–Crippen MR) is 90.6 cm³/mol. The molecule has 0 radical (unpaired) electrons. The lowest BCUT2D eigenvalue weighted by atomic mass is 10.0. The molecule has 0 unspecified atom stereocenters. The largest absolute Gasteiger partial charge is 0.376 e. The van der Waals surface area contributed by atoms with Crippen molar-refractivity contribution in [1.29, 1.82) is 0 Å². The van der Waals surface area contributed by atoms with Crippen LogP contribution in [0.25, 0.3) is 0 Å². The van der Waals surface area contributed by atoms with Gasteiger partial charge in [0.2, 0.25) is 10.0 Å². The van der Waals surface area contributed by atoms with E-state index in [-0.39, 0.29) is 17.9 Å². The molecule has 0 spiro atoms. The van der Waals surface area contributed by atoms with Gasteiger partial charge in [-0.25, -0.2) is 17.5 Å². The number of hydrogen-bond donors (Lipinski definition) is 1. The van der Waals surface area contributed by atoms with E-state index in [2.05, 4.69) is 4.72 Å². The van der Waals surface area contributed by atoms with Crippen molar-refractivity contribution in [2.75, 3.05) is 13.7 Å². The number of sulfonamides is 1. The van der Waals surface area contributed by atoms with E-state index in [0.29, 0.717) is 12.8 Å². The third kappa shape index (κ3) is 3.66. The van der Waals surface area contributed by atoms with Crippen LogP contribution in [0.5, 0.6) is 0 Å². The fourth-order valence-electron chi connectivity index (χ4n) is 3.11. The van der Waals surface area contributed by atoms with Crippen molar-refractivity contribution in [2.45, 2.75) is 24.2 Å². The maximum absolute atomic E-state index is 13.7. The first-order chi connectivity index (χ1) is 11.4. The Balaban J connectivity index is 1.69. The normalized spacial score (nSPS) is 16.1. The zero-order valence-electron chi connectivity index (χ0n) is 13.5. The minimum atomic E-state index is -3.65. The molecule has 0 saturated heterocycles. The van der Waals surface area contributed by atoms with Gasteiger partial charge >= 0.3 is 0 Å². The summed E-state index contributed by atoms with van der Waals surface area (Å²) in [5.74, 6) is -0.899. The summed E-state index contributed by atoms with van der Waals surface area (Å²) in [7, 11) is -2.06. The summed E-state index contributed by atoms with van der Waals surface area (Å²) in [5, 5.41) is 0. The summed E-state index contributed by atoms with van der Waals surface area (Å²) < 4.78 is 46.5. The quantitative estimate of drug-likeness (QED) is 0.871. The van der Waals surface area contributed by atoms with Gasteiger partial charge in [0.05, 0.1) is 11.4 Å². The monoisotopic (exact) mass is 349 g/mol. The molecule has 4 nitrogen and oxygen atoms in total. The Kier molecular flexibility index (Phi) is 4.71. The number of rotatable bonds is 6. The molecule has 1 aliphatic carbocycles. The molecule has 2 aromatic carbocycles. The molecule has 0 fully saturated rings. The molecule has 0 amide bonds. The standard InChI is InChI=1S/C18H20FNO3S/c1-23-18(10-14-6-2-3-7-15(14)11-18)13-20-24(21,22)12-16-8-4-5-9-17(16)19/h2-9,20H,10-13H2,1H3. The van der Waals surface area contributed by atoms with E-state index in [9.17, 15) is 12.8 Å². The van der Waals surface area contributed by atoms with E-state index in [1.54, 1.807) is 13.2 Å². The number of fused-ring (bicyclic) bond motifs is 1. The summed E-state index contributed by atoms with van der Waals surface area (Å²) in [6.07, 6.45) is 1.31. The highest BCUT2D eigenvalue weighted by Crippen LogP contribution is 2.32. The summed E-state index contributed by atoms with van der Waals surface area (Å²) in [6, 6.07) is 13.9. The van der Waals surface area contributed by atoms with Gasteiger partial charge in [0.15, 0.2) is 0 Å².